The maximum Gasteiger partial charge on any atom is 0.573 e. The summed E-state index contributed by atoms with van der Waals surface area (Å²) in [6.45, 7) is 5.25. The van der Waals surface area contributed by atoms with E-state index in [2.05, 4.69) is 20.7 Å². The van der Waals surface area contributed by atoms with Gasteiger partial charge in [-0.25, -0.2) is 0 Å². The number of halogens is 4. The quantitative estimate of drug-likeness (QED) is 0.867. The van der Waals surface area contributed by atoms with E-state index >= 15 is 0 Å². The summed E-state index contributed by atoms with van der Waals surface area (Å²) in [7, 11) is 0. The molecule has 0 fully saturated rings. The standard InChI is InChI=1S/C13H17BrF3NO2/c1-12(2,3)11(19)10(18)8-6-7(14)4-5-9(8)20-13(15,16)17/h4-6,10-11,19H,18H2,1-3H3/t10-,11-/m1/s1. The van der Waals surface area contributed by atoms with E-state index in [-0.39, 0.29) is 5.56 Å². The van der Waals surface area contributed by atoms with Crippen molar-refractivity contribution in [2.45, 2.75) is 39.3 Å². The summed E-state index contributed by atoms with van der Waals surface area (Å²) in [6, 6.07) is 3.01. The van der Waals surface area contributed by atoms with Gasteiger partial charge >= 0.3 is 6.36 Å². The van der Waals surface area contributed by atoms with Gasteiger partial charge in [0.2, 0.25) is 0 Å². The van der Waals surface area contributed by atoms with E-state index < -0.39 is 29.7 Å². The topological polar surface area (TPSA) is 55.5 Å². The fraction of sp³-hybridized carbons (Fsp3) is 0.538. The van der Waals surface area contributed by atoms with E-state index in [0.717, 1.165) is 0 Å². The molecule has 0 aliphatic rings. The molecule has 1 rings (SSSR count). The Bertz CT molecular complexity index is 472. The highest BCUT2D eigenvalue weighted by Gasteiger charge is 2.35. The lowest BCUT2D eigenvalue weighted by Crippen LogP contribution is -2.37. The van der Waals surface area contributed by atoms with Crippen LogP contribution in [0.2, 0.25) is 0 Å². The van der Waals surface area contributed by atoms with Crippen molar-refractivity contribution < 1.29 is 23.0 Å². The number of benzene rings is 1. The van der Waals surface area contributed by atoms with Gasteiger partial charge < -0.3 is 15.6 Å². The highest BCUT2D eigenvalue weighted by Crippen LogP contribution is 2.36. The second-order valence-electron chi connectivity index (χ2n) is 5.57. The van der Waals surface area contributed by atoms with Gasteiger partial charge in [0.25, 0.3) is 0 Å². The van der Waals surface area contributed by atoms with Gasteiger partial charge in [-0.15, -0.1) is 13.2 Å². The number of hydrogen-bond acceptors (Lipinski definition) is 3. The molecule has 114 valence electrons. The van der Waals surface area contributed by atoms with Gasteiger partial charge in [-0.1, -0.05) is 36.7 Å². The van der Waals surface area contributed by atoms with Crippen molar-refractivity contribution in [1.29, 1.82) is 0 Å². The average Bonchev–Trinajstić information content (AvgIpc) is 2.26. The van der Waals surface area contributed by atoms with Gasteiger partial charge in [-0.05, 0) is 23.6 Å². The highest BCUT2D eigenvalue weighted by molar-refractivity contribution is 9.10. The van der Waals surface area contributed by atoms with Crippen molar-refractivity contribution >= 4 is 15.9 Å². The van der Waals surface area contributed by atoms with Crippen LogP contribution in [0.3, 0.4) is 0 Å². The molecule has 0 heterocycles. The molecule has 0 unspecified atom stereocenters. The summed E-state index contributed by atoms with van der Waals surface area (Å²) in [4.78, 5) is 0. The number of aliphatic hydroxyl groups excluding tert-OH is 1. The largest absolute Gasteiger partial charge is 0.573 e. The first kappa shape index (κ1) is 17.3. The van der Waals surface area contributed by atoms with Crippen molar-refractivity contribution in [2.24, 2.45) is 11.1 Å². The number of rotatable bonds is 3. The summed E-state index contributed by atoms with van der Waals surface area (Å²) in [5, 5.41) is 10.1. The van der Waals surface area contributed by atoms with Crippen LogP contribution in [-0.2, 0) is 0 Å². The molecule has 7 heteroatoms. The predicted octanol–water partition coefficient (Wildman–Crippen LogP) is 3.75. The van der Waals surface area contributed by atoms with Crippen molar-refractivity contribution in [3.05, 3.63) is 28.2 Å². The minimum Gasteiger partial charge on any atom is -0.405 e. The van der Waals surface area contributed by atoms with Gasteiger partial charge in [-0.3, -0.25) is 0 Å². The Morgan fingerprint density at radius 1 is 1.25 bits per heavy atom. The number of hydrogen-bond donors (Lipinski definition) is 2. The summed E-state index contributed by atoms with van der Waals surface area (Å²) < 4.78 is 41.7. The zero-order valence-electron chi connectivity index (χ0n) is 11.3. The maximum atomic E-state index is 12.4. The van der Waals surface area contributed by atoms with Gasteiger partial charge in [0, 0.05) is 10.0 Å². The van der Waals surface area contributed by atoms with Gasteiger partial charge in [0.15, 0.2) is 0 Å². The molecule has 1 aromatic carbocycles. The molecule has 2 atom stereocenters. The van der Waals surface area contributed by atoms with Gasteiger partial charge in [0.1, 0.15) is 5.75 Å². The van der Waals surface area contributed by atoms with Crippen LogP contribution in [0.1, 0.15) is 32.4 Å². The normalized spacial score (nSPS) is 15.8. The molecule has 0 bridgehead atoms. The average molecular weight is 356 g/mol. The predicted molar refractivity (Wildman–Crippen MR) is 73.2 cm³/mol. The Labute approximate surface area is 124 Å². The smallest absolute Gasteiger partial charge is 0.405 e. The van der Waals surface area contributed by atoms with Crippen molar-refractivity contribution in [2.75, 3.05) is 0 Å². The molecule has 1 aromatic rings. The molecule has 0 saturated heterocycles. The number of aliphatic hydroxyl groups is 1. The third kappa shape index (κ3) is 4.64. The first-order chi connectivity index (χ1) is 8.92. The Morgan fingerprint density at radius 2 is 1.80 bits per heavy atom. The van der Waals surface area contributed by atoms with E-state index in [0.29, 0.717) is 4.47 Å². The zero-order chi connectivity index (χ0) is 15.7. The van der Waals surface area contributed by atoms with Gasteiger partial charge in [0.05, 0.1) is 12.1 Å². The van der Waals surface area contributed by atoms with Crippen LogP contribution in [0, 0.1) is 5.41 Å². The van der Waals surface area contributed by atoms with E-state index in [9.17, 15) is 18.3 Å². The zero-order valence-corrected chi connectivity index (χ0v) is 12.9. The molecule has 3 N–H and O–H groups in total. The SMILES string of the molecule is CC(C)(C)[C@H](O)[C@H](N)c1cc(Br)ccc1OC(F)(F)F. The Hall–Kier alpha value is -0.790. The van der Waals surface area contributed by atoms with E-state index in [4.69, 9.17) is 5.73 Å². The number of alkyl halides is 3. The van der Waals surface area contributed by atoms with Crippen LogP contribution in [0.4, 0.5) is 13.2 Å². The highest BCUT2D eigenvalue weighted by atomic mass is 79.9. The van der Waals surface area contributed by atoms with Crippen LogP contribution in [0.25, 0.3) is 0 Å². The summed E-state index contributed by atoms with van der Waals surface area (Å²) in [5.74, 6) is -0.406. The summed E-state index contributed by atoms with van der Waals surface area (Å²) in [5.41, 5.74) is 5.42. The lowest BCUT2D eigenvalue weighted by Gasteiger charge is -2.31. The molecule has 0 saturated carbocycles. The van der Waals surface area contributed by atoms with E-state index in [1.165, 1.54) is 18.2 Å². The van der Waals surface area contributed by atoms with Crippen molar-refractivity contribution in [3.8, 4) is 5.75 Å². The fourth-order valence-electron chi connectivity index (χ4n) is 1.71. The molecule has 0 aromatic heterocycles. The van der Waals surface area contributed by atoms with Crippen LogP contribution < -0.4 is 10.5 Å². The maximum absolute atomic E-state index is 12.4. The fourth-order valence-corrected chi connectivity index (χ4v) is 2.08. The molecule has 3 nitrogen and oxygen atoms in total. The van der Waals surface area contributed by atoms with Gasteiger partial charge in [-0.2, -0.15) is 0 Å². The minimum absolute atomic E-state index is 0.0964. The Kier molecular flexibility index (Phi) is 5.10. The third-order valence-corrected chi connectivity index (χ3v) is 3.28. The molecule has 0 spiro atoms. The molecule has 0 radical (unpaired) electrons. The Morgan fingerprint density at radius 3 is 2.25 bits per heavy atom. The monoisotopic (exact) mass is 355 g/mol. The first-order valence-electron chi connectivity index (χ1n) is 5.90. The van der Waals surface area contributed by atoms with Crippen LogP contribution in [-0.4, -0.2) is 17.6 Å². The Balaban J connectivity index is 3.18. The summed E-state index contributed by atoms with van der Waals surface area (Å²) in [6.07, 6.45) is -5.83. The van der Waals surface area contributed by atoms with Crippen LogP contribution in [0.5, 0.6) is 5.75 Å². The molecule has 20 heavy (non-hydrogen) atoms. The molecular formula is C13H17BrF3NO2. The van der Waals surface area contributed by atoms with Crippen molar-refractivity contribution in [1.82, 2.24) is 0 Å². The minimum atomic E-state index is -4.81. The number of nitrogens with two attached hydrogens (primary N) is 1. The molecule has 0 aliphatic heterocycles. The second kappa shape index (κ2) is 5.91. The van der Waals surface area contributed by atoms with E-state index in [1.807, 2.05) is 0 Å². The van der Waals surface area contributed by atoms with E-state index in [1.54, 1.807) is 20.8 Å². The summed E-state index contributed by atoms with van der Waals surface area (Å²) >= 11 is 3.17. The first-order valence-corrected chi connectivity index (χ1v) is 6.70. The molecule has 0 aliphatic carbocycles. The van der Waals surface area contributed by atoms with Crippen LogP contribution in [0.15, 0.2) is 22.7 Å². The van der Waals surface area contributed by atoms with Crippen LogP contribution >= 0.6 is 15.9 Å². The lowest BCUT2D eigenvalue weighted by atomic mass is 9.82. The lowest BCUT2D eigenvalue weighted by molar-refractivity contribution is -0.275. The number of ether oxygens (including phenoxy) is 1. The second-order valence-corrected chi connectivity index (χ2v) is 6.48. The molecule has 0 amide bonds. The van der Waals surface area contributed by atoms with Crippen molar-refractivity contribution in [3.63, 3.8) is 0 Å². The molecular weight excluding hydrogens is 339 g/mol. The third-order valence-electron chi connectivity index (χ3n) is 2.78.